The predicted octanol–water partition coefficient (Wildman–Crippen LogP) is 4.18. The molecule has 0 unspecified atom stereocenters. The predicted molar refractivity (Wildman–Crippen MR) is 69.1 cm³/mol. The molecule has 16 heavy (non-hydrogen) atoms. The summed E-state index contributed by atoms with van der Waals surface area (Å²) < 4.78 is 0. The van der Waals surface area contributed by atoms with Gasteiger partial charge in [0.2, 0.25) is 0 Å². The average molecular weight is 218 g/mol. The molecular formula is C15H22O. The first kappa shape index (κ1) is 13.0. The molecule has 0 bridgehead atoms. The van der Waals surface area contributed by atoms with E-state index < -0.39 is 0 Å². The summed E-state index contributed by atoms with van der Waals surface area (Å²) in [5.74, 6) is 0. The normalized spacial score (nSPS) is 10.4. The lowest BCUT2D eigenvalue weighted by atomic mass is 9.98. The molecule has 1 nitrogen and oxygen atoms in total. The second-order valence-corrected chi connectivity index (χ2v) is 4.36. The Balaban J connectivity index is 2.75. The first-order valence-electron chi connectivity index (χ1n) is 6.38. The van der Waals surface area contributed by atoms with E-state index in [1.807, 2.05) is 0 Å². The molecule has 0 amide bonds. The molecule has 1 aromatic rings. The van der Waals surface area contributed by atoms with Gasteiger partial charge in [0, 0.05) is 5.56 Å². The number of rotatable bonds is 7. The highest BCUT2D eigenvalue weighted by Crippen LogP contribution is 2.15. The first-order chi connectivity index (χ1) is 7.81. The van der Waals surface area contributed by atoms with E-state index in [1.54, 1.807) is 0 Å². The van der Waals surface area contributed by atoms with Crippen molar-refractivity contribution in [1.29, 1.82) is 0 Å². The largest absolute Gasteiger partial charge is 0.298 e. The highest BCUT2D eigenvalue weighted by Gasteiger charge is 2.02. The number of carbonyl (C=O) groups is 1. The summed E-state index contributed by atoms with van der Waals surface area (Å²) in [6.45, 7) is 4.37. The second-order valence-electron chi connectivity index (χ2n) is 4.36. The minimum Gasteiger partial charge on any atom is -0.298 e. The molecule has 0 radical (unpaired) electrons. The molecule has 0 saturated carbocycles. The maximum Gasteiger partial charge on any atom is 0.150 e. The fourth-order valence-corrected chi connectivity index (χ4v) is 1.89. The monoisotopic (exact) mass is 218 g/mol. The third-order valence-corrected chi connectivity index (χ3v) is 2.96. The molecule has 1 rings (SSSR count). The molecule has 0 atom stereocenters. The number of aryl methyl sites for hydroxylation is 2. The van der Waals surface area contributed by atoms with Crippen LogP contribution >= 0.6 is 0 Å². The zero-order chi connectivity index (χ0) is 11.8. The van der Waals surface area contributed by atoms with Gasteiger partial charge in [0.25, 0.3) is 0 Å². The second kappa shape index (κ2) is 7.21. The van der Waals surface area contributed by atoms with E-state index in [-0.39, 0.29) is 0 Å². The van der Waals surface area contributed by atoms with Crippen LogP contribution in [0.4, 0.5) is 0 Å². The fraction of sp³-hybridized carbons (Fsp3) is 0.533. The molecule has 0 aliphatic heterocycles. The number of aldehydes is 1. The Labute approximate surface area is 98.9 Å². The Kier molecular flexibility index (Phi) is 5.84. The third kappa shape index (κ3) is 3.80. The molecule has 1 heteroatoms. The van der Waals surface area contributed by atoms with Crippen LogP contribution in [0.2, 0.25) is 0 Å². The molecule has 88 valence electrons. The number of unbranched alkanes of at least 4 members (excludes halogenated alkanes) is 2. The van der Waals surface area contributed by atoms with Gasteiger partial charge in [-0.2, -0.15) is 0 Å². The van der Waals surface area contributed by atoms with Crippen molar-refractivity contribution in [2.24, 2.45) is 0 Å². The molecule has 0 spiro atoms. The number of hydrogen-bond acceptors (Lipinski definition) is 1. The van der Waals surface area contributed by atoms with Crippen molar-refractivity contribution < 1.29 is 4.79 Å². The molecule has 0 saturated heterocycles. The van der Waals surface area contributed by atoms with Gasteiger partial charge in [0.05, 0.1) is 0 Å². The summed E-state index contributed by atoms with van der Waals surface area (Å²) in [6, 6.07) is 6.37. The lowest BCUT2D eigenvalue weighted by Gasteiger charge is -2.07. The van der Waals surface area contributed by atoms with Crippen molar-refractivity contribution >= 4 is 6.29 Å². The van der Waals surface area contributed by atoms with Crippen molar-refractivity contribution in [3.8, 4) is 0 Å². The van der Waals surface area contributed by atoms with Crippen molar-refractivity contribution in [3.63, 3.8) is 0 Å². The molecule has 0 aromatic heterocycles. The Morgan fingerprint density at radius 1 is 1.06 bits per heavy atom. The van der Waals surface area contributed by atoms with E-state index in [4.69, 9.17) is 0 Å². The van der Waals surface area contributed by atoms with Crippen LogP contribution in [0.1, 0.15) is 61.0 Å². The lowest BCUT2D eigenvalue weighted by Crippen LogP contribution is -1.95. The van der Waals surface area contributed by atoms with Crippen LogP contribution < -0.4 is 0 Å². The molecule has 0 aliphatic rings. The average Bonchev–Trinajstić information content (AvgIpc) is 2.34. The quantitative estimate of drug-likeness (QED) is 0.627. The number of carbonyl (C=O) groups excluding carboxylic acids is 1. The van der Waals surface area contributed by atoms with Crippen LogP contribution in [-0.4, -0.2) is 6.29 Å². The van der Waals surface area contributed by atoms with Gasteiger partial charge >= 0.3 is 0 Å². The highest BCUT2D eigenvalue weighted by molar-refractivity contribution is 5.77. The van der Waals surface area contributed by atoms with Gasteiger partial charge in [-0.25, -0.2) is 0 Å². The van der Waals surface area contributed by atoms with Gasteiger partial charge in [-0.05, 0) is 42.9 Å². The Morgan fingerprint density at radius 3 is 2.38 bits per heavy atom. The summed E-state index contributed by atoms with van der Waals surface area (Å²) in [5.41, 5.74) is 3.39. The minimum absolute atomic E-state index is 0.891. The highest BCUT2D eigenvalue weighted by atomic mass is 16.1. The van der Waals surface area contributed by atoms with Crippen LogP contribution in [0.5, 0.6) is 0 Å². The van der Waals surface area contributed by atoms with E-state index in [2.05, 4.69) is 32.0 Å². The summed E-state index contributed by atoms with van der Waals surface area (Å²) in [6.07, 6.45) is 7.86. The van der Waals surface area contributed by atoms with E-state index in [1.165, 1.54) is 30.4 Å². The maximum absolute atomic E-state index is 11.0. The SMILES string of the molecule is CCCCc1ccc(CCCC)c(C=O)c1. The van der Waals surface area contributed by atoms with E-state index in [0.29, 0.717) is 0 Å². The minimum atomic E-state index is 0.891. The lowest BCUT2D eigenvalue weighted by molar-refractivity contribution is 0.112. The Morgan fingerprint density at radius 2 is 1.75 bits per heavy atom. The maximum atomic E-state index is 11.0. The van der Waals surface area contributed by atoms with Crippen LogP contribution in [0, 0.1) is 0 Å². The van der Waals surface area contributed by atoms with Crippen LogP contribution in [0.3, 0.4) is 0 Å². The smallest absolute Gasteiger partial charge is 0.150 e. The van der Waals surface area contributed by atoms with Gasteiger partial charge in [-0.1, -0.05) is 38.8 Å². The molecular weight excluding hydrogens is 196 g/mol. The topological polar surface area (TPSA) is 17.1 Å². The Hall–Kier alpha value is -1.11. The van der Waals surface area contributed by atoms with Gasteiger partial charge < -0.3 is 0 Å². The van der Waals surface area contributed by atoms with Gasteiger partial charge in [-0.15, -0.1) is 0 Å². The van der Waals surface area contributed by atoms with Crippen LogP contribution in [0.15, 0.2) is 18.2 Å². The molecule has 0 N–H and O–H groups in total. The van der Waals surface area contributed by atoms with Crippen LogP contribution in [-0.2, 0) is 12.8 Å². The van der Waals surface area contributed by atoms with Gasteiger partial charge in [0.1, 0.15) is 6.29 Å². The molecule has 0 aliphatic carbocycles. The van der Waals surface area contributed by atoms with Crippen molar-refractivity contribution in [2.75, 3.05) is 0 Å². The van der Waals surface area contributed by atoms with Gasteiger partial charge in [-0.3, -0.25) is 4.79 Å². The van der Waals surface area contributed by atoms with Crippen LogP contribution in [0.25, 0.3) is 0 Å². The fourth-order valence-electron chi connectivity index (χ4n) is 1.89. The molecule has 0 heterocycles. The number of hydrogen-bond donors (Lipinski definition) is 0. The van der Waals surface area contributed by atoms with E-state index in [0.717, 1.165) is 31.1 Å². The summed E-state index contributed by atoms with van der Waals surface area (Å²) in [7, 11) is 0. The van der Waals surface area contributed by atoms with Gasteiger partial charge in [0.15, 0.2) is 0 Å². The number of benzene rings is 1. The summed E-state index contributed by atoms with van der Waals surface area (Å²) in [4.78, 5) is 11.0. The van der Waals surface area contributed by atoms with Crippen molar-refractivity contribution in [2.45, 2.75) is 52.4 Å². The standard InChI is InChI=1S/C15H22O/c1-3-5-7-13-9-10-14(8-6-4-2)15(11-13)12-16/h9-12H,3-8H2,1-2H3. The van der Waals surface area contributed by atoms with Crippen molar-refractivity contribution in [3.05, 3.63) is 34.9 Å². The van der Waals surface area contributed by atoms with E-state index in [9.17, 15) is 4.79 Å². The summed E-state index contributed by atoms with van der Waals surface area (Å²) in [5, 5.41) is 0. The first-order valence-corrected chi connectivity index (χ1v) is 6.38. The zero-order valence-corrected chi connectivity index (χ0v) is 10.5. The van der Waals surface area contributed by atoms with Crippen molar-refractivity contribution in [1.82, 2.24) is 0 Å². The molecule has 1 aromatic carbocycles. The summed E-state index contributed by atoms with van der Waals surface area (Å²) >= 11 is 0. The molecule has 0 fully saturated rings. The Bertz CT molecular complexity index is 328. The van der Waals surface area contributed by atoms with E-state index >= 15 is 0 Å². The third-order valence-electron chi connectivity index (χ3n) is 2.96. The zero-order valence-electron chi connectivity index (χ0n) is 10.5.